The van der Waals surface area contributed by atoms with Gasteiger partial charge in [0, 0.05) is 15.0 Å². The average molecular weight is 391 g/mol. The molecule has 1 aliphatic heterocycles. The summed E-state index contributed by atoms with van der Waals surface area (Å²) in [5.74, 6) is -0.741. The Hall–Kier alpha value is -0.390. The van der Waals surface area contributed by atoms with Gasteiger partial charge in [0.25, 0.3) is 0 Å². The zero-order valence-electron chi connectivity index (χ0n) is 10.6. The van der Waals surface area contributed by atoms with Crippen LogP contribution in [0.3, 0.4) is 0 Å². The van der Waals surface area contributed by atoms with E-state index < -0.39 is 5.97 Å². The van der Waals surface area contributed by atoms with Crippen molar-refractivity contribution in [1.29, 1.82) is 0 Å². The molecule has 0 spiro atoms. The van der Waals surface area contributed by atoms with E-state index in [-0.39, 0.29) is 12.5 Å². The highest BCUT2D eigenvalue weighted by molar-refractivity contribution is 9.13. The van der Waals surface area contributed by atoms with E-state index in [1.807, 2.05) is 18.2 Å². The Morgan fingerprint density at radius 2 is 1.89 bits per heavy atom. The molecule has 3 nitrogen and oxygen atoms in total. The lowest BCUT2D eigenvalue weighted by molar-refractivity contribution is -0.138. The lowest BCUT2D eigenvalue weighted by atomic mass is 9.99. The van der Waals surface area contributed by atoms with Crippen LogP contribution in [0.15, 0.2) is 27.1 Å². The van der Waals surface area contributed by atoms with Gasteiger partial charge in [-0.25, -0.2) is 0 Å². The number of piperidine rings is 1. The lowest BCUT2D eigenvalue weighted by Crippen LogP contribution is -2.35. The molecule has 1 atom stereocenters. The first-order valence-electron chi connectivity index (χ1n) is 6.48. The molecule has 0 aliphatic carbocycles. The van der Waals surface area contributed by atoms with Crippen LogP contribution >= 0.6 is 31.9 Å². The lowest BCUT2D eigenvalue weighted by Gasteiger charge is -2.34. The summed E-state index contributed by atoms with van der Waals surface area (Å²) in [5, 5.41) is 9.15. The fourth-order valence-electron chi connectivity index (χ4n) is 2.57. The van der Waals surface area contributed by atoms with Crippen molar-refractivity contribution in [2.45, 2.75) is 31.7 Å². The summed E-state index contributed by atoms with van der Waals surface area (Å²) in [5.41, 5.74) is 1.07. The maximum atomic E-state index is 11.1. The number of hydrogen-bond acceptors (Lipinski definition) is 2. The third-order valence-electron chi connectivity index (χ3n) is 3.53. The topological polar surface area (TPSA) is 40.5 Å². The molecule has 0 bridgehead atoms. The van der Waals surface area contributed by atoms with Crippen molar-refractivity contribution in [2.24, 2.45) is 0 Å². The van der Waals surface area contributed by atoms with Crippen LogP contribution in [0.1, 0.15) is 37.3 Å². The summed E-state index contributed by atoms with van der Waals surface area (Å²) < 4.78 is 1.96. The number of carboxylic acids is 1. The van der Waals surface area contributed by atoms with E-state index in [1.165, 1.54) is 6.42 Å². The molecule has 1 aromatic rings. The molecule has 1 N–H and O–H groups in total. The molecule has 0 amide bonds. The molecule has 1 saturated heterocycles. The number of carbonyl (C=O) groups is 1. The third-order valence-corrected chi connectivity index (χ3v) is 5.41. The maximum absolute atomic E-state index is 11.1. The second-order valence-electron chi connectivity index (χ2n) is 4.88. The zero-order valence-corrected chi connectivity index (χ0v) is 13.8. The van der Waals surface area contributed by atoms with Gasteiger partial charge >= 0.3 is 5.97 Å². The zero-order chi connectivity index (χ0) is 13.8. The van der Waals surface area contributed by atoms with Crippen LogP contribution in [0.25, 0.3) is 0 Å². The standard InChI is InChI=1S/C14H17Br2NO2/c15-11-5-4-10(8-12(11)16)13(9-14(18)19)17-6-2-1-3-7-17/h4-5,8,13H,1-3,6-7,9H2,(H,18,19). The SMILES string of the molecule is O=C(O)CC(c1ccc(Br)c(Br)c1)N1CCCCC1. The van der Waals surface area contributed by atoms with E-state index in [1.54, 1.807) is 0 Å². The van der Waals surface area contributed by atoms with E-state index in [2.05, 4.69) is 36.8 Å². The van der Waals surface area contributed by atoms with Crippen LogP contribution in [0, 0.1) is 0 Å². The molecule has 1 aromatic carbocycles. The molecule has 2 rings (SSSR count). The molecule has 0 radical (unpaired) electrons. The van der Waals surface area contributed by atoms with Crippen molar-refractivity contribution in [3.63, 3.8) is 0 Å². The molecule has 1 heterocycles. The minimum atomic E-state index is -0.741. The number of rotatable bonds is 4. The molecule has 0 saturated carbocycles. The smallest absolute Gasteiger partial charge is 0.305 e. The Labute approximate surface area is 130 Å². The first-order valence-corrected chi connectivity index (χ1v) is 8.07. The number of halogens is 2. The molecule has 1 aliphatic rings. The maximum Gasteiger partial charge on any atom is 0.305 e. The second kappa shape index (κ2) is 6.86. The Kier molecular flexibility index (Phi) is 5.42. The van der Waals surface area contributed by atoms with Crippen molar-refractivity contribution in [3.05, 3.63) is 32.7 Å². The Morgan fingerprint density at radius 1 is 1.21 bits per heavy atom. The normalized spacial score (nSPS) is 18.2. The summed E-state index contributed by atoms with van der Waals surface area (Å²) in [4.78, 5) is 13.4. The molecular formula is C14H17Br2NO2. The predicted molar refractivity (Wildman–Crippen MR) is 82.3 cm³/mol. The highest BCUT2D eigenvalue weighted by Crippen LogP contribution is 2.32. The molecular weight excluding hydrogens is 374 g/mol. The Morgan fingerprint density at radius 3 is 2.47 bits per heavy atom. The van der Waals surface area contributed by atoms with Gasteiger partial charge in [0.05, 0.1) is 6.42 Å². The summed E-state index contributed by atoms with van der Waals surface area (Å²) >= 11 is 6.94. The highest BCUT2D eigenvalue weighted by atomic mass is 79.9. The number of benzene rings is 1. The van der Waals surface area contributed by atoms with Gasteiger partial charge in [-0.05, 0) is 75.5 Å². The first-order chi connectivity index (χ1) is 9.08. The van der Waals surface area contributed by atoms with Gasteiger partial charge in [0.1, 0.15) is 0 Å². The summed E-state index contributed by atoms with van der Waals surface area (Å²) in [6.45, 7) is 1.98. The van der Waals surface area contributed by atoms with Crippen LogP contribution < -0.4 is 0 Å². The fourth-order valence-corrected chi connectivity index (χ4v) is 3.22. The molecule has 5 heteroatoms. The molecule has 1 fully saturated rings. The Balaban J connectivity index is 2.24. The van der Waals surface area contributed by atoms with Crippen molar-refractivity contribution in [2.75, 3.05) is 13.1 Å². The van der Waals surface area contributed by atoms with Crippen molar-refractivity contribution < 1.29 is 9.90 Å². The van der Waals surface area contributed by atoms with E-state index in [9.17, 15) is 4.79 Å². The van der Waals surface area contributed by atoms with E-state index in [4.69, 9.17) is 5.11 Å². The van der Waals surface area contributed by atoms with E-state index >= 15 is 0 Å². The van der Waals surface area contributed by atoms with Crippen LogP contribution in [0.2, 0.25) is 0 Å². The van der Waals surface area contributed by atoms with Gasteiger partial charge in [-0.15, -0.1) is 0 Å². The van der Waals surface area contributed by atoms with Crippen molar-refractivity contribution >= 4 is 37.8 Å². The van der Waals surface area contributed by atoms with Gasteiger partial charge in [-0.3, -0.25) is 9.69 Å². The molecule has 19 heavy (non-hydrogen) atoms. The molecule has 0 aromatic heterocycles. The van der Waals surface area contributed by atoms with Gasteiger partial charge < -0.3 is 5.11 Å². The van der Waals surface area contributed by atoms with Crippen LogP contribution in [0.5, 0.6) is 0 Å². The summed E-state index contributed by atoms with van der Waals surface area (Å²) in [6, 6.07) is 5.98. The monoisotopic (exact) mass is 389 g/mol. The number of aliphatic carboxylic acids is 1. The van der Waals surface area contributed by atoms with Gasteiger partial charge in [-0.2, -0.15) is 0 Å². The average Bonchev–Trinajstić information content (AvgIpc) is 2.40. The van der Waals surface area contributed by atoms with Crippen molar-refractivity contribution in [3.8, 4) is 0 Å². The van der Waals surface area contributed by atoms with Crippen molar-refractivity contribution in [1.82, 2.24) is 4.90 Å². The minimum Gasteiger partial charge on any atom is -0.481 e. The second-order valence-corrected chi connectivity index (χ2v) is 6.59. The first kappa shape index (κ1) is 15.0. The van der Waals surface area contributed by atoms with Crippen LogP contribution in [-0.2, 0) is 4.79 Å². The fraction of sp³-hybridized carbons (Fsp3) is 0.500. The van der Waals surface area contributed by atoms with Gasteiger partial charge in [0.2, 0.25) is 0 Å². The number of carboxylic acid groups (broad SMARTS) is 1. The third kappa shape index (κ3) is 4.04. The molecule has 1 unspecified atom stereocenters. The van der Waals surface area contributed by atoms with Crippen LogP contribution in [0.4, 0.5) is 0 Å². The summed E-state index contributed by atoms with van der Waals surface area (Å²) in [6.07, 6.45) is 3.73. The van der Waals surface area contributed by atoms with Gasteiger partial charge in [-0.1, -0.05) is 12.5 Å². The predicted octanol–water partition coefficient (Wildman–Crippen LogP) is 4.21. The minimum absolute atomic E-state index is 0.0257. The van der Waals surface area contributed by atoms with Gasteiger partial charge in [0.15, 0.2) is 0 Å². The van der Waals surface area contributed by atoms with E-state index in [0.717, 1.165) is 40.4 Å². The number of likely N-dealkylation sites (tertiary alicyclic amines) is 1. The highest BCUT2D eigenvalue weighted by Gasteiger charge is 2.24. The largest absolute Gasteiger partial charge is 0.481 e. The molecule has 104 valence electrons. The van der Waals surface area contributed by atoms with E-state index in [0.29, 0.717) is 0 Å². The number of hydrogen-bond donors (Lipinski definition) is 1. The Bertz CT molecular complexity index is 459. The van der Waals surface area contributed by atoms with Crippen LogP contribution in [-0.4, -0.2) is 29.1 Å². The summed E-state index contributed by atoms with van der Waals surface area (Å²) in [7, 11) is 0. The number of nitrogens with zero attached hydrogens (tertiary/aromatic N) is 1. The quantitative estimate of drug-likeness (QED) is 0.836.